The highest BCUT2D eigenvalue weighted by atomic mass is 79.9. The maximum atomic E-state index is 12.8. The Bertz CT molecular complexity index is 642. The third kappa shape index (κ3) is 3.22. The second kappa shape index (κ2) is 6.13. The molecule has 0 fully saturated rings. The molecule has 0 aromatic heterocycles. The molecular formula is C15H10BrF2O2-. The third-order valence-corrected chi connectivity index (χ3v) is 3.65. The summed E-state index contributed by atoms with van der Waals surface area (Å²) >= 11 is 3.07. The van der Waals surface area contributed by atoms with Crippen molar-refractivity contribution in [3.05, 3.63) is 69.2 Å². The van der Waals surface area contributed by atoms with E-state index in [1.54, 1.807) is 30.3 Å². The molecule has 0 heterocycles. The summed E-state index contributed by atoms with van der Waals surface area (Å²) < 4.78 is 26.0. The van der Waals surface area contributed by atoms with Crippen LogP contribution in [-0.2, 0) is 6.42 Å². The number of halogens is 3. The number of carboxylic acids is 1. The number of carboxylic acid groups (broad SMARTS) is 1. The van der Waals surface area contributed by atoms with E-state index in [0.717, 1.165) is 0 Å². The first-order valence-corrected chi connectivity index (χ1v) is 6.64. The van der Waals surface area contributed by atoms with Crippen molar-refractivity contribution in [1.82, 2.24) is 0 Å². The Morgan fingerprint density at radius 3 is 2.55 bits per heavy atom. The number of rotatable bonds is 4. The first kappa shape index (κ1) is 14.7. The van der Waals surface area contributed by atoms with Crippen molar-refractivity contribution in [3.8, 4) is 0 Å². The van der Waals surface area contributed by atoms with E-state index < -0.39 is 12.4 Å². The first-order valence-electron chi connectivity index (χ1n) is 5.84. The lowest BCUT2D eigenvalue weighted by Crippen LogP contribution is -2.23. The average molecular weight is 340 g/mol. The zero-order valence-electron chi connectivity index (χ0n) is 10.3. The number of carbonyl (C=O) groups excluding carboxylic acids is 1. The average Bonchev–Trinajstić information content (AvgIpc) is 2.41. The van der Waals surface area contributed by atoms with E-state index in [-0.39, 0.29) is 17.5 Å². The minimum atomic E-state index is -2.58. The van der Waals surface area contributed by atoms with Gasteiger partial charge in [-0.25, -0.2) is 8.78 Å². The number of carbonyl (C=O) groups is 1. The quantitative estimate of drug-likeness (QED) is 0.857. The van der Waals surface area contributed by atoms with Crippen molar-refractivity contribution in [2.75, 3.05) is 0 Å². The fraction of sp³-hybridized carbons (Fsp3) is 0.133. The molecule has 0 atom stereocenters. The van der Waals surface area contributed by atoms with Gasteiger partial charge in [-0.2, -0.15) is 0 Å². The lowest BCUT2D eigenvalue weighted by atomic mass is 9.98. The van der Waals surface area contributed by atoms with Gasteiger partial charge >= 0.3 is 0 Å². The molecule has 0 spiro atoms. The molecule has 0 N–H and O–H groups in total. The summed E-state index contributed by atoms with van der Waals surface area (Å²) in [5.74, 6) is -1.27. The van der Waals surface area contributed by atoms with Crippen molar-refractivity contribution in [3.63, 3.8) is 0 Å². The van der Waals surface area contributed by atoms with Gasteiger partial charge in [0, 0.05) is 15.6 Å². The van der Waals surface area contributed by atoms with Gasteiger partial charge in [-0.05, 0) is 29.7 Å². The molecule has 5 heteroatoms. The Morgan fingerprint density at radius 2 is 1.90 bits per heavy atom. The molecule has 2 aromatic rings. The van der Waals surface area contributed by atoms with Crippen molar-refractivity contribution in [2.45, 2.75) is 12.8 Å². The summed E-state index contributed by atoms with van der Waals surface area (Å²) in [4.78, 5) is 11.0. The van der Waals surface area contributed by atoms with Gasteiger partial charge in [0.2, 0.25) is 0 Å². The number of alkyl halides is 2. The van der Waals surface area contributed by atoms with E-state index >= 15 is 0 Å². The van der Waals surface area contributed by atoms with Crippen LogP contribution in [0.3, 0.4) is 0 Å². The van der Waals surface area contributed by atoms with Crippen LogP contribution in [0.1, 0.15) is 33.5 Å². The lowest BCUT2D eigenvalue weighted by Gasteiger charge is -2.11. The van der Waals surface area contributed by atoms with Crippen molar-refractivity contribution < 1.29 is 18.7 Å². The van der Waals surface area contributed by atoms with Crippen LogP contribution in [0.25, 0.3) is 0 Å². The predicted octanol–water partition coefficient (Wildman–Crippen LogP) is 3.34. The van der Waals surface area contributed by atoms with Crippen LogP contribution in [0.5, 0.6) is 0 Å². The molecular weight excluding hydrogens is 330 g/mol. The fourth-order valence-electron chi connectivity index (χ4n) is 1.96. The molecule has 2 nitrogen and oxygen atoms in total. The standard InChI is InChI=1S/C15H11BrF2O2/c16-13-6-5-9(8-12(13)14(17)18)7-10-3-1-2-4-11(10)15(19)20/h1-6,8,14H,7H2,(H,19,20)/p-1. The van der Waals surface area contributed by atoms with E-state index in [4.69, 9.17) is 0 Å². The Morgan fingerprint density at radius 1 is 1.20 bits per heavy atom. The maximum Gasteiger partial charge on any atom is 0.264 e. The molecule has 0 amide bonds. The molecule has 0 aliphatic heterocycles. The van der Waals surface area contributed by atoms with Gasteiger partial charge in [0.05, 0.1) is 5.97 Å². The molecule has 0 aliphatic rings. The highest BCUT2D eigenvalue weighted by molar-refractivity contribution is 9.10. The van der Waals surface area contributed by atoms with E-state index in [1.165, 1.54) is 12.1 Å². The van der Waals surface area contributed by atoms with Crippen molar-refractivity contribution in [1.29, 1.82) is 0 Å². The molecule has 20 heavy (non-hydrogen) atoms. The highest BCUT2D eigenvalue weighted by Gasteiger charge is 2.13. The van der Waals surface area contributed by atoms with Gasteiger partial charge < -0.3 is 9.90 Å². The molecule has 0 saturated carbocycles. The molecule has 0 aliphatic carbocycles. The third-order valence-electron chi connectivity index (χ3n) is 2.93. The summed E-state index contributed by atoms with van der Waals surface area (Å²) in [7, 11) is 0. The zero-order chi connectivity index (χ0) is 14.7. The second-order valence-electron chi connectivity index (χ2n) is 4.28. The molecule has 0 saturated heterocycles. The SMILES string of the molecule is O=C([O-])c1ccccc1Cc1ccc(Br)c(C(F)F)c1. The number of hydrogen-bond donors (Lipinski definition) is 0. The molecule has 0 radical (unpaired) electrons. The van der Waals surface area contributed by atoms with E-state index in [2.05, 4.69) is 15.9 Å². The largest absolute Gasteiger partial charge is 0.545 e. The number of benzene rings is 2. The Balaban J connectivity index is 2.36. The van der Waals surface area contributed by atoms with Gasteiger partial charge in [-0.3, -0.25) is 0 Å². The monoisotopic (exact) mass is 339 g/mol. The Kier molecular flexibility index (Phi) is 4.49. The second-order valence-corrected chi connectivity index (χ2v) is 5.13. The summed E-state index contributed by atoms with van der Waals surface area (Å²) in [6.07, 6.45) is -2.32. The molecule has 104 valence electrons. The summed E-state index contributed by atoms with van der Waals surface area (Å²) in [5.41, 5.74) is 1.13. The van der Waals surface area contributed by atoms with Gasteiger partial charge in [0.25, 0.3) is 6.43 Å². The van der Waals surface area contributed by atoms with Crippen LogP contribution in [0.4, 0.5) is 8.78 Å². The topological polar surface area (TPSA) is 40.1 Å². The Labute approximate surface area is 123 Å². The number of hydrogen-bond acceptors (Lipinski definition) is 2. The number of aromatic carboxylic acids is 1. The minimum absolute atomic E-state index is 0.0778. The van der Waals surface area contributed by atoms with E-state index in [1.807, 2.05) is 0 Å². The highest BCUT2D eigenvalue weighted by Crippen LogP contribution is 2.29. The van der Waals surface area contributed by atoms with Gasteiger partial charge in [0.1, 0.15) is 0 Å². The van der Waals surface area contributed by atoms with Crippen LogP contribution in [0, 0.1) is 0 Å². The van der Waals surface area contributed by atoms with E-state index in [0.29, 0.717) is 15.6 Å². The van der Waals surface area contributed by atoms with Gasteiger partial charge in [0.15, 0.2) is 0 Å². The van der Waals surface area contributed by atoms with Crippen molar-refractivity contribution >= 4 is 21.9 Å². The van der Waals surface area contributed by atoms with Gasteiger partial charge in [-0.1, -0.05) is 46.3 Å². The van der Waals surface area contributed by atoms with Gasteiger partial charge in [-0.15, -0.1) is 0 Å². The van der Waals surface area contributed by atoms with Crippen LogP contribution in [0.2, 0.25) is 0 Å². The van der Waals surface area contributed by atoms with Crippen molar-refractivity contribution in [2.24, 2.45) is 0 Å². The Hall–Kier alpha value is -1.75. The summed E-state index contributed by atoms with van der Waals surface area (Å²) in [5, 5.41) is 11.0. The molecule has 0 bridgehead atoms. The lowest BCUT2D eigenvalue weighted by molar-refractivity contribution is -0.255. The minimum Gasteiger partial charge on any atom is -0.545 e. The smallest absolute Gasteiger partial charge is 0.264 e. The fourth-order valence-corrected chi connectivity index (χ4v) is 2.38. The van der Waals surface area contributed by atoms with Crippen LogP contribution >= 0.6 is 15.9 Å². The molecule has 2 rings (SSSR count). The zero-order valence-corrected chi connectivity index (χ0v) is 11.9. The molecule has 2 aromatic carbocycles. The van der Waals surface area contributed by atoms with Crippen LogP contribution < -0.4 is 5.11 Å². The molecule has 0 unspecified atom stereocenters. The van der Waals surface area contributed by atoms with Crippen LogP contribution in [0.15, 0.2) is 46.9 Å². The van der Waals surface area contributed by atoms with Crippen LogP contribution in [-0.4, -0.2) is 5.97 Å². The summed E-state index contributed by atoms with van der Waals surface area (Å²) in [6, 6.07) is 11.0. The first-order chi connectivity index (χ1) is 9.49. The predicted molar refractivity (Wildman–Crippen MR) is 72.7 cm³/mol. The summed E-state index contributed by atoms with van der Waals surface area (Å²) in [6.45, 7) is 0. The normalized spacial score (nSPS) is 10.8. The van der Waals surface area contributed by atoms with E-state index in [9.17, 15) is 18.7 Å². The maximum absolute atomic E-state index is 12.8.